The number of nitriles is 1. The van der Waals surface area contributed by atoms with Gasteiger partial charge in [0.2, 0.25) is 5.91 Å². The summed E-state index contributed by atoms with van der Waals surface area (Å²) >= 11 is 0. The summed E-state index contributed by atoms with van der Waals surface area (Å²) in [5.41, 5.74) is 2.27. The fourth-order valence-corrected chi connectivity index (χ4v) is 6.32. The van der Waals surface area contributed by atoms with Gasteiger partial charge in [0.25, 0.3) is 0 Å². The number of fused-ring (bicyclic) bond motifs is 1. The molecule has 3 aromatic rings. The van der Waals surface area contributed by atoms with Crippen molar-refractivity contribution in [2.45, 2.75) is 62.9 Å². The number of amides is 1. The molecule has 3 fully saturated rings. The van der Waals surface area contributed by atoms with Gasteiger partial charge < -0.3 is 9.88 Å². The van der Waals surface area contributed by atoms with E-state index in [4.69, 9.17) is 0 Å². The molecule has 1 aliphatic carbocycles. The first-order valence-corrected chi connectivity index (χ1v) is 12.9. The molecule has 5 heterocycles. The van der Waals surface area contributed by atoms with Gasteiger partial charge in [-0.1, -0.05) is 19.3 Å². The average Bonchev–Trinajstić information content (AvgIpc) is 3.56. The molecule has 0 bridgehead atoms. The highest BCUT2D eigenvalue weighted by atomic mass is 16.2. The summed E-state index contributed by atoms with van der Waals surface area (Å²) in [6.45, 7) is 3.33. The Morgan fingerprint density at radius 1 is 1.14 bits per heavy atom. The van der Waals surface area contributed by atoms with Gasteiger partial charge >= 0.3 is 0 Å². The van der Waals surface area contributed by atoms with Crippen LogP contribution in [-0.2, 0) is 10.3 Å². The number of H-pyrrole nitrogens is 1. The number of aromatic amines is 1. The number of rotatable bonds is 5. The van der Waals surface area contributed by atoms with Crippen LogP contribution in [-0.4, -0.2) is 72.7 Å². The SMILES string of the molecule is N#CCC1(n2cc(-c3ncnc4[nH]ccc34)cn2)CN(C2CCN(C(=O)C3CCCCC3)CC2)C1. The van der Waals surface area contributed by atoms with Crippen LogP contribution in [0.5, 0.6) is 0 Å². The predicted molar refractivity (Wildman–Crippen MR) is 131 cm³/mol. The maximum atomic E-state index is 12.9. The van der Waals surface area contributed by atoms with Gasteiger partial charge in [0.15, 0.2) is 0 Å². The van der Waals surface area contributed by atoms with Gasteiger partial charge in [-0.15, -0.1) is 0 Å². The highest BCUT2D eigenvalue weighted by Crippen LogP contribution is 2.37. The second-order valence-corrected chi connectivity index (χ2v) is 10.5. The maximum absolute atomic E-state index is 12.9. The Labute approximate surface area is 205 Å². The van der Waals surface area contributed by atoms with Gasteiger partial charge in [-0.25, -0.2) is 9.97 Å². The summed E-state index contributed by atoms with van der Waals surface area (Å²) in [4.78, 5) is 29.4. The van der Waals surface area contributed by atoms with Crippen LogP contribution in [0.4, 0.5) is 0 Å². The van der Waals surface area contributed by atoms with Crippen molar-refractivity contribution in [3.63, 3.8) is 0 Å². The van der Waals surface area contributed by atoms with Crippen LogP contribution in [0, 0.1) is 17.2 Å². The first kappa shape index (κ1) is 22.2. The molecule has 35 heavy (non-hydrogen) atoms. The molecule has 0 aromatic carbocycles. The monoisotopic (exact) mass is 472 g/mol. The van der Waals surface area contributed by atoms with E-state index in [9.17, 15) is 10.1 Å². The molecule has 182 valence electrons. The quantitative estimate of drug-likeness (QED) is 0.611. The molecule has 9 heteroatoms. The molecule has 3 aromatic heterocycles. The Hall–Kier alpha value is -3.25. The molecule has 2 saturated heterocycles. The van der Waals surface area contributed by atoms with E-state index in [2.05, 4.69) is 35.9 Å². The van der Waals surface area contributed by atoms with E-state index in [0.29, 0.717) is 18.4 Å². The zero-order chi connectivity index (χ0) is 23.8. The molecule has 1 amide bonds. The summed E-state index contributed by atoms with van der Waals surface area (Å²) in [7, 11) is 0. The number of carbonyl (C=O) groups is 1. The van der Waals surface area contributed by atoms with Crippen molar-refractivity contribution in [2.75, 3.05) is 26.2 Å². The van der Waals surface area contributed by atoms with Crippen LogP contribution in [0.2, 0.25) is 0 Å². The first-order valence-electron chi connectivity index (χ1n) is 12.9. The lowest BCUT2D eigenvalue weighted by atomic mass is 9.83. The summed E-state index contributed by atoms with van der Waals surface area (Å²) in [5.74, 6) is 0.639. The molecule has 1 N–H and O–H groups in total. The van der Waals surface area contributed by atoms with E-state index in [-0.39, 0.29) is 11.5 Å². The standard InChI is InChI=1S/C26H32N8O/c27-10-9-26(34-15-20(14-31-34)23-22-6-11-28-24(22)30-18-29-23)16-33(17-26)21-7-12-32(13-8-21)25(35)19-4-2-1-3-5-19/h6,11,14-15,18-19,21H,1-5,7-9,12-13,16-17H2,(H,28,29,30). The number of nitrogens with one attached hydrogen (secondary N) is 1. The van der Waals surface area contributed by atoms with E-state index in [1.54, 1.807) is 6.33 Å². The third-order valence-electron chi connectivity index (χ3n) is 8.35. The van der Waals surface area contributed by atoms with Crippen LogP contribution in [0.3, 0.4) is 0 Å². The lowest BCUT2D eigenvalue weighted by molar-refractivity contribution is -0.139. The third kappa shape index (κ3) is 4.00. The minimum Gasteiger partial charge on any atom is -0.346 e. The minimum absolute atomic E-state index is 0.254. The zero-order valence-electron chi connectivity index (χ0n) is 20.1. The Morgan fingerprint density at radius 3 is 2.71 bits per heavy atom. The van der Waals surface area contributed by atoms with Crippen LogP contribution in [0.25, 0.3) is 22.3 Å². The number of likely N-dealkylation sites (tertiary alicyclic amines) is 2. The molecule has 0 radical (unpaired) electrons. The van der Waals surface area contributed by atoms with Gasteiger partial charge in [-0.05, 0) is 31.7 Å². The molecule has 1 saturated carbocycles. The van der Waals surface area contributed by atoms with Crippen molar-refractivity contribution in [2.24, 2.45) is 5.92 Å². The summed E-state index contributed by atoms with van der Waals surface area (Å²) in [6.07, 6.45) is 15.5. The highest BCUT2D eigenvalue weighted by molar-refractivity contribution is 5.90. The van der Waals surface area contributed by atoms with Crippen LogP contribution < -0.4 is 0 Å². The van der Waals surface area contributed by atoms with Crippen molar-refractivity contribution in [3.05, 3.63) is 31.0 Å². The van der Waals surface area contributed by atoms with E-state index >= 15 is 0 Å². The van der Waals surface area contributed by atoms with Crippen molar-refractivity contribution < 1.29 is 4.79 Å². The molecule has 6 rings (SSSR count). The first-order chi connectivity index (χ1) is 17.2. The van der Waals surface area contributed by atoms with E-state index < -0.39 is 0 Å². The smallest absolute Gasteiger partial charge is 0.225 e. The topological polar surface area (TPSA) is 107 Å². The van der Waals surface area contributed by atoms with Gasteiger partial charge in [0, 0.05) is 61.5 Å². The van der Waals surface area contributed by atoms with Crippen LogP contribution in [0.1, 0.15) is 51.4 Å². The Bertz CT molecular complexity index is 1240. The minimum atomic E-state index is -0.313. The Kier molecular flexibility index (Phi) is 5.77. The highest BCUT2D eigenvalue weighted by Gasteiger charge is 2.48. The summed E-state index contributed by atoms with van der Waals surface area (Å²) < 4.78 is 1.98. The second-order valence-electron chi connectivity index (χ2n) is 10.5. The summed E-state index contributed by atoms with van der Waals surface area (Å²) in [6, 6.07) is 4.84. The number of aromatic nitrogens is 5. The van der Waals surface area contributed by atoms with E-state index in [1.807, 2.05) is 29.3 Å². The maximum Gasteiger partial charge on any atom is 0.225 e. The van der Waals surface area contributed by atoms with Crippen LogP contribution >= 0.6 is 0 Å². The lowest BCUT2D eigenvalue weighted by Gasteiger charge is -2.53. The Balaban J connectivity index is 1.11. The average molecular weight is 473 g/mol. The van der Waals surface area contributed by atoms with Crippen molar-refractivity contribution >= 4 is 16.9 Å². The zero-order valence-corrected chi connectivity index (χ0v) is 20.1. The molecule has 0 spiro atoms. The number of nitrogens with zero attached hydrogens (tertiary/aromatic N) is 7. The van der Waals surface area contributed by atoms with E-state index in [1.165, 1.54) is 19.3 Å². The van der Waals surface area contributed by atoms with Gasteiger partial charge in [0.1, 0.15) is 17.5 Å². The number of piperidine rings is 1. The molecule has 0 atom stereocenters. The number of hydrogen-bond donors (Lipinski definition) is 1. The molecular weight excluding hydrogens is 440 g/mol. The van der Waals surface area contributed by atoms with Gasteiger partial charge in [-0.2, -0.15) is 10.4 Å². The van der Waals surface area contributed by atoms with Gasteiger partial charge in [-0.3, -0.25) is 14.4 Å². The lowest BCUT2D eigenvalue weighted by Crippen LogP contribution is -2.66. The van der Waals surface area contributed by atoms with Crippen molar-refractivity contribution in [1.82, 2.24) is 34.5 Å². The molecule has 0 unspecified atom stereocenters. The molecular formula is C26H32N8O. The fraction of sp³-hybridized carbons (Fsp3) is 0.577. The Morgan fingerprint density at radius 2 is 1.94 bits per heavy atom. The number of carbonyl (C=O) groups excluding carboxylic acids is 1. The predicted octanol–water partition coefficient (Wildman–Crippen LogP) is 3.32. The fourth-order valence-electron chi connectivity index (χ4n) is 6.32. The second kappa shape index (κ2) is 9.08. The molecule has 3 aliphatic rings. The molecule has 2 aliphatic heterocycles. The van der Waals surface area contributed by atoms with Crippen LogP contribution in [0.15, 0.2) is 31.0 Å². The number of hydrogen-bond acceptors (Lipinski definition) is 6. The van der Waals surface area contributed by atoms with Crippen molar-refractivity contribution in [3.8, 4) is 17.3 Å². The van der Waals surface area contributed by atoms with Crippen molar-refractivity contribution in [1.29, 1.82) is 5.26 Å². The largest absolute Gasteiger partial charge is 0.346 e. The van der Waals surface area contributed by atoms with E-state index in [0.717, 1.165) is 74.2 Å². The third-order valence-corrected chi connectivity index (χ3v) is 8.35. The normalized spacial score (nSPS) is 21.6. The van der Waals surface area contributed by atoms with Gasteiger partial charge in [0.05, 0.1) is 24.4 Å². The summed E-state index contributed by atoms with van der Waals surface area (Å²) in [5, 5.41) is 15.2. The molecule has 9 nitrogen and oxygen atoms in total.